The summed E-state index contributed by atoms with van der Waals surface area (Å²) >= 11 is 0. The average Bonchev–Trinajstić information content (AvgIpc) is 2.81. The Kier molecular flexibility index (Phi) is 11.3. The van der Waals surface area contributed by atoms with Crippen LogP contribution >= 0.6 is 0 Å². The molecule has 0 heterocycles. The molecule has 15 heteroatoms. The standard InChI is InChI=1S/C23H38F10O5/c1-9-15(5,21(28,29)23(32,33)38-17(7,11-3)19(24,25)13-34)16(6,10-2)37-22(30,31)18(8,12-4)36-20(26,27)14-35/h34-35H,9-14H2,1-8H3. The molecule has 0 saturated heterocycles. The first-order chi connectivity index (χ1) is 16.7. The molecule has 0 aliphatic rings. The summed E-state index contributed by atoms with van der Waals surface area (Å²) in [5, 5.41) is 17.6. The third-order valence-electron chi connectivity index (χ3n) is 7.81. The lowest BCUT2D eigenvalue weighted by molar-refractivity contribution is -0.460. The van der Waals surface area contributed by atoms with Crippen LogP contribution in [0, 0.1) is 5.41 Å². The fraction of sp³-hybridized carbons (Fsp3) is 1.00. The van der Waals surface area contributed by atoms with Crippen LogP contribution in [0.1, 0.15) is 81.1 Å². The topological polar surface area (TPSA) is 68.2 Å². The van der Waals surface area contributed by atoms with Crippen molar-refractivity contribution in [3.63, 3.8) is 0 Å². The molecule has 5 nitrogen and oxygen atoms in total. The minimum atomic E-state index is -5.72. The molecule has 0 aromatic rings. The second-order valence-corrected chi connectivity index (χ2v) is 10.0. The maximum atomic E-state index is 15.7. The minimum Gasteiger partial charge on any atom is -0.390 e. The lowest BCUT2D eigenvalue weighted by atomic mass is 9.65. The molecule has 4 unspecified atom stereocenters. The van der Waals surface area contributed by atoms with Crippen molar-refractivity contribution in [2.45, 2.75) is 128 Å². The van der Waals surface area contributed by atoms with E-state index in [0.717, 1.165) is 27.7 Å². The third-order valence-corrected chi connectivity index (χ3v) is 7.81. The lowest BCUT2D eigenvalue weighted by Gasteiger charge is -2.54. The van der Waals surface area contributed by atoms with Gasteiger partial charge in [-0.3, -0.25) is 0 Å². The molecule has 38 heavy (non-hydrogen) atoms. The first kappa shape index (κ1) is 37.1. The summed E-state index contributed by atoms with van der Waals surface area (Å²) in [5.41, 5.74) is -12.8. The van der Waals surface area contributed by atoms with Crippen molar-refractivity contribution in [2.24, 2.45) is 5.41 Å². The second-order valence-electron chi connectivity index (χ2n) is 10.0. The highest BCUT2D eigenvalue weighted by molar-refractivity contribution is 5.07. The highest BCUT2D eigenvalue weighted by Crippen LogP contribution is 2.60. The Hall–Kier alpha value is -0.900. The van der Waals surface area contributed by atoms with Gasteiger partial charge in [0.1, 0.15) is 18.8 Å². The lowest BCUT2D eigenvalue weighted by Crippen LogP contribution is -2.68. The average molecular weight is 585 g/mol. The molecular formula is C23H38F10O5. The quantitative estimate of drug-likeness (QED) is 0.181. The second kappa shape index (κ2) is 11.5. The molecule has 0 aliphatic heterocycles. The van der Waals surface area contributed by atoms with E-state index in [1.54, 1.807) is 0 Å². The molecule has 0 radical (unpaired) electrons. The molecule has 0 bridgehead atoms. The SMILES string of the molecule is CCC(C)(OC(F)(F)C(F)(F)C(C)(CC)C(C)(CC)OC(F)(F)C(C)(CC)OC(F)(F)CO)C(F)(F)CO. The van der Waals surface area contributed by atoms with Gasteiger partial charge in [0.15, 0.2) is 5.60 Å². The molecule has 0 aromatic carbocycles. The highest BCUT2D eigenvalue weighted by atomic mass is 19.3. The number of hydrogen-bond donors (Lipinski definition) is 2. The van der Waals surface area contributed by atoms with Crippen molar-refractivity contribution < 1.29 is 68.3 Å². The van der Waals surface area contributed by atoms with Gasteiger partial charge >= 0.3 is 24.2 Å². The van der Waals surface area contributed by atoms with E-state index in [0.29, 0.717) is 27.7 Å². The number of aliphatic hydroxyl groups excluding tert-OH is 2. The first-order valence-electron chi connectivity index (χ1n) is 11.9. The van der Waals surface area contributed by atoms with Gasteiger partial charge in [0.05, 0.1) is 11.0 Å². The smallest absolute Gasteiger partial charge is 0.390 e. The van der Waals surface area contributed by atoms with Crippen molar-refractivity contribution in [3.8, 4) is 0 Å². The molecule has 230 valence electrons. The van der Waals surface area contributed by atoms with Crippen LogP contribution in [0.2, 0.25) is 0 Å². The van der Waals surface area contributed by atoms with Gasteiger partial charge in [-0.25, -0.2) is 8.78 Å². The molecule has 4 atom stereocenters. The number of alkyl halides is 10. The predicted octanol–water partition coefficient (Wildman–Crippen LogP) is 6.99. The van der Waals surface area contributed by atoms with Gasteiger partial charge in [0, 0.05) is 0 Å². The summed E-state index contributed by atoms with van der Waals surface area (Å²) in [7, 11) is 0. The maximum absolute atomic E-state index is 15.7. The van der Waals surface area contributed by atoms with Crippen LogP contribution in [0.25, 0.3) is 0 Å². The van der Waals surface area contributed by atoms with E-state index < -0.39 is 91.3 Å². The zero-order chi connectivity index (χ0) is 30.9. The van der Waals surface area contributed by atoms with Crippen LogP contribution in [-0.2, 0) is 14.2 Å². The van der Waals surface area contributed by atoms with E-state index in [1.165, 1.54) is 0 Å². The number of aliphatic hydroxyl groups is 2. The Morgan fingerprint density at radius 1 is 0.500 bits per heavy atom. The van der Waals surface area contributed by atoms with Gasteiger partial charge in [-0.2, -0.15) is 35.1 Å². The number of halogens is 10. The minimum absolute atomic E-state index is 0.380. The Bertz CT molecular complexity index is 784. The summed E-state index contributed by atoms with van der Waals surface area (Å²) in [6, 6.07) is 0. The van der Waals surface area contributed by atoms with E-state index >= 15 is 26.3 Å². The molecule has 0 aromatic heterocycles. The highest BCUT2D eigenvalue weighted by Gasteiger charge is 2.76. The van der Waals surface area contributed by atoms with Crippen molar-refractivity contribution in [1.29, 1.82) is 0 Å². The molecular weight excluding hydrogens is 546 g/mol. The van der Waals surface area contributed by atoms with E-state index in [4.69, 9.17) is 10.2 Å². The molecule has 2 N–H and O–H groups in total. The number of ether oxygens (including phenoxy) is 3. The van der Waals surface area contributed by atoms with Crippen molar-refractivity contribution in [3.05, 3.63) is 0 Å². The fourth-order valence-electron chi connectivity index (χ4n) is 3.83. The van der Waals surface area contributed by atoms with Gasteiger partial charge in [-0.1, -0.05) is 34.6 Å². The summed E-state index contributed by atoms with van der Waals surface area (Å²) in [6.07, 6.45) is -18.7. The van der Waals surface area contributed by atoms with Crippen LogP contribution in [0.3, 0.4) is 0 Å². The van der Waals surface area contributed by atoms with E-state index in [9.17, 15) is 17.6 Å². The molecule has 0 saturated carbocycles. The van der Waals surface area contributed by atoms with Gasteiger partial charge in [0.25, 0.3) is 5.92 Å². The maximum Gasteiger partial charge on any atom is 0.420 e. The van der Waals surface area contributed by atoms with Crippen LogP contribution in [0.15, 0.2) is 0 Å². The number of hydrogen-bond acceptors (Lipinski definition) is 5. The van der Waals surface area contributed by atoms with Gasteiger partial charge < -0.3 is 24.4 Å². The molecule has 0 spiro atoms. The van der Waals surface area contributed by atoms with E-state index in [2.05, 4.69) is 14.2 Å². The summed E-state index contributed by atoms with van der Waals surface area (Å²) in [4.78, 5) is 0. The van der Waals surface area contributed by atoms with Crippen LogP contribution < -0.4 is 0 Å². The largest absolute Gasteiger partial charge is 0.420 e. The van der Waals surface area contributed by atoms with Crippen LogP contribution in [0.4, 0.5) is 43.9 Å². The van der Waals surface area contributed by atoms with Gasteiger partial charge in [0.2, 0.25) is 0 Å². The Labute approximate surface area is 215 Å². The first-order valence-corrected chi connectivity index (χ1v) is 11.9. The Morgan fingerprint density at radius 3 is 1.21 bits per heavy atom. The van der Waals surface area contributed by atoms with E-state index in [1.807, 2.05) is 0 Å². The monoisotopic (exact) mass is 584 g/mol. The molecule has 0 rings (SSSR count). The molecule has 0 amide bonds. The molecule has 0 aliphatic carbocycles. The zero-order valence-corrected chi connectivity index (χ0v) is 22.6. The van der Waals surface area contributed by atoms with Crippen molar-refractivity contribution in [1.82, 2.24) is 0 Å². The van der Waals surface area contributed by atoms with Gasteiger partial charge in [-0.15, -0.1) is 0 Å². The fourth-order valence-corrected chi connectivity index (χ4v) is 3.83. The third kappa shape index (κ3) is 6.36. The predicted molar refractivity (Wildman–Crippen MR) is 117 cm³/mol. The summed E-state index contributed by atoms with van der Waals surface area (Å²) in [5.74, 6) is -9.88. The Balaban J connectivity index is 6.81. The van der Waals surface area contributed by atoms with Crippen molar-refractivity contribution >= 4 is 0 Å². The zero-order valence-electron chi connectivity index (χ0n) is 22.6. The Morgan fingerprint density at radius 2 is 0.895 bits per heavy atom. The van der Waals surface area contributed by atoms with Crippen molar-refractivity contribution in [2.75, 3.05) is 13.2 Å². The number of rotatable bonds is 17. The van der Waals surface area contributed by atoms with Crippen LogP contribution in [-0.4, -0.2) is 70.4 Å². The molecule has 0 fully saturated rings. The summed E-state index contributed by atoms with van der Waals surface area (Å²) in [6.45, 7) is 1.73. The summed E-state index contributed by atoms with van der Waals surface area (Å²) < 4.78 is 161. The normalized spacial score (nSPS) is 20.8. The van der Waals surface area contributed by atoms with E-state index in [-0.39, 0.29) is 0 Å². The van der Waals surface area contributed by atoms with Gasteiger partial charge in [-0.05, 0) is 46.5 Å². The van der Waals surface area contributed by atoms with Crippen LogP contribution in [0.5, 0.6) is 0 Å².